The van der Waals surface area contributed by atoms with E-state index in [9.17, 15) is 0 Å². The minimum atomic E-state index is 0.354. The zero-order chi connectivity index (χ0) is 12.7. The van der Waals surface area contributed by atoms with E-state index >= 15 is 0 Å². The molecule has 0 amide bonds. The highest BCUT2D eigenvalue weighted by atomic mass is 16.5. The van der Waals surface area contributed by atoms with Crippen LogP contribution in [0.15, 0.2) is 0 Å². The van der Waals surface area contributed by atoms with Crippen LogP contribution in [0.25, 0.3) is 0 Å². The second-order valence-corrected chi connectivity index (χ2v) is 5.60. The minimum Gasteiger partial charge on any atom is -0.377 e. The molecule has 2 atom stereocenters. The van der Waals surface area contributed by atoms with E-state index in [2.05, 4.69) is 38.2 Å². The van der Waals surface area contributed by atoms with Gasteiger partial charge in [-0.05, 0) is 59.7 Å². The number of ether oxygens (including phenoxy) is 1. The molecule has 0 radical (unpaired) electrons. The van der Waals surface area contributed by atoms with Gasteiger partial charge in [0.2, 0.25) is 0 Å². The molecule has 1 N–H and O–H groups in total. The van der Waals surface area contributed by atoms with Crippen LogP contribution in [0.4, 0.5) is 0 Å². The third kappa shape index (κ3) is 5.84. The zero-order valence-corrected chi connectivity index (χ0v) is 12.0. The number of likely N-dealkylation sites (N-methyl/N-ethyl adjacent to an activating group) is 1. The Bertz CT molecular complexity index is 197. The first kappa shape index (κ1) is 14.9. The van der Waals surface area contributed by atoms with E-state index in [1.54, 1.807) is 0 Å². The molecule has 0 aromatic heterocycles. The summed E-state index contributed by atoms with van der Waals surface area (Å²) in [5.74, 6) is 0.883. The standard InChI is InChI=1S/C14H30N2O/c1-12(2)17-11-10-16(4)9-8-13-6-5-7-14(13)15-3/h12-15H,5-11H2,1-4H3. The van der Waals surface area contributed by atoms with Crippen molar-refractivity contribution in [3.63, 3.8) is 0 Å². The number of rotatable bonds is 8. The fourth-order valence-electron chi connectivity index (χ4n) is 2.70. The number of nitrogens with zero attached hydrogens (tertiary/aromatic N) is 1. The van der Waals surface area contributed by atoms with Gasteiger partial charge in [-0.3, -0.25) is 0 Å². The van der Waals surface area contributed by atoms with Gasteiger partial charge in [-0.25, -0.2) is 0 Å². The van der Waals surface area contributed by atoms with Crippen LogP contribution in [-0.2, 0) is 4.74 Å². The lowest BCUT2D eigenvalue weighted by molar-refractivity contribution is 0.0628. The van der Waals surface area contributed by atoms with Crippen molar-refractivity contribution < 1.29 is 4.74 Å². The molecule has 0 spiro atoms. The third-order valence-corrected chi connectivity index (χ3v) is 3.84. The van der Waals surface area contributed by atoms with Gasteiger partial charge in [-0.1, -0.05) is 6.42 Å². The Kier molecular flexibility index (Phi) is 7.09. The third-order valence-electron chi connectivity index (χ3n) is 3.84. The van der Waals surface area contributed by atoms with E-state index in [1.807, 2.05) is 0 Å². The van der Waals surface area contributed by atoms with Crippen LogP contribution in [0.3, 0.4) is 0 Å². The van der Waals surface area contributed by atoms with Gasteiger partial charge in [0.25, 0.3) is 0 Å². The molecule has 2 unspecified atom stereocenters. The highest BCUT2D eigenvalue weighted by Crippen LogP contribution is 2.28. The molecule has 1 saturated carbocycles. The summed E-state index contributed by atoms with van der Waals surface area (Å²) in [7, 11) is 4.30. The maximum Gasteiger partial charge on any atom is 0.0596 e. The van der Waals surface area contributed by atoms with E-state index in [-0.39, 0.29) is 0 Å². The molecule has 1 aliphatic carbocycles. The van der Waals surface area contributed by atoms with Crippen LogP contribution in [0.5, 0.6) is 0 Å². The van der Waals surface area contributed by atoms with Gasteiger partial charge in [0.15, 0.2) is 0 Å². The first-order valence-electron chi connectivity index (χ1n) is 7.11. The molecule has 1 aliphatic rings. The molecule has 0 aromatic rings. The summed E-state index contributed by atoms with van der Waals surface area (Å²) in [4.78, 5) is 2.40. The summed E-state index contributed by atoms with van der Waals surface area (Å²) in [6.45, 7) is 7.29. The molecular formula is C14H30N2O. The van der Waals surface area contributed by atoms with Crippen LogP contribution >= 0.6 is 0 Å². The Hall–Kier alpha value is -0.120. The second-order valence-electron chi connectivity index (χ2n) is 5.60. The van der Waals surface area contributed by atoms with Gasteiger partial charge < -0.3 is 15.0 Å². The van der Waals surface area contributed by atoms with Crippen molar-refractivity contribution in [2.75, 3.05) is 33.8 Å². The summed E-state index contributed by atoms with van der Waals surface area (Å²) in [6, 6.07) is 0.760. The van der Waals surface area contributed by atoms with E-state index < -0.39 is 0 Å². The molecule has 3 heteroatoms. The summed E-state index contributed by atoms with van der Waals surface area (Å²) in [5, 5.41) is 3.45. The molecule has 0 saturated heterocycles. The average Bonchev–Trinajstić information content (AvgIpc) is 2.73. The first-order valence-corrected chi connectivity index (χ1v) is 7.11. The number of nitrogens with one attached hydrogen (secondary N) is 1. The monoisotopic (exact) mass is 242 g/mol. The van der Waals surface area contributed by atoms with Gasteiger partial charge in [0, 0.05) is 12.6 Å². The summed E-state index contributed by atoms with van der Waals surface area (Å²) < 4.78 is 5.57. The molecule has 102 valence electrons. The second kappa shape index (κ2) is 8.06. The van der Waals surface area contributed by atoms with E-state index in [4.69, 9.17) is 4.74 Å². The molecule has 0 heterocycles. The minimum absolute atomic E-state index is 0.354. The maximum absolute atomic E-state index is 5.57. The average molecular weight is 242 g/mol. The largest absolute Gasteiger partial charge is 0.377 e. The van der Waals surface area contributed by atoms with Gasteiger partial charge in [-0.2, -0.15) is 0 Å². The molecule has 1 rings (SSSR count). The predicted molar refractivity (Wildman–Crippen MR) is 73.4 cm³/mol. The molecule has 17 heavy (non-hydrogen) atoms. The van der Waals surface area contributed by atoms with Crippen molar-refractivity contribution in [2.24, 2.45) is 5.92 Å². The van der Waals surface area contributed by atoms with Crippen molar-refractivity contribution >= 4 is 0 Å². The molecule has 0 aliphatic heterocycles. The Balaban J connectivity index is 2.08. The highest BCUT2D eigenvalue weighted by molar-refractivity contribution is 4.82. The summed E-state index contributed by atoms with van der Waals surface area (Å²) >= 11 is 0. The lowest BCUT2D eigenvalue weighted by Crippen LogP contribution is -2.32. The predicted octanol–water partition coefficient (Wildman–Crippen LogP) is 2.12. The van der Waals surface area contributed by atoms with Crippen molar-refractivity contribution in [1.82, 2.24) is 10.2 Å². The molecule has 3 nitrogen and oxygen atoms in total. The van der Waals surface area contributed by atoms with Crippen LogP contribution in [0, 0.1) is 5.92 Å². The number of hydrogen-bond acceptors (Lipinski definition) is 3. The van der Waals surface area contributed by atoms with E-state index in [0.29, 0.717) is 6.10 Å². The van der Waals surface area contributed by atoms with Crippen LogP contribution < -0.4 is 5.32 Å². The van der Waals surface area contributed by atoms with Crippen molar-refractivity contribution in [3.8, 4) is 0 Å². The normalized spacial score (nSPS) is 25.1. The fraction of sp³-hybridized carbons (Fsp3) is 1.00. The van der Waals surface area contributed by atoms with E-state index in [1.165, 1.54) is 32.2 Å². The fourth-order valence-corrected chi connectivity index (χ4v) is 2.70. The van der Waals surface area contributed by atoms with E-state index in [0.717, 1.165) is 25.1 Å². The number of hydrogen-bond donors (Lipinski definition) is 1. The van der Waals surface area contributed by atoms with Gasteiger partial charge in [0.1, 0.15) is 0 Å². The quantitative estimate of drug-likeness (QED) is 0.705. The SMILES string of the molecule is CNC1CCCC1CCN(C)CCOC(C)C. The topological polar surface area (TPSA) is 24.5 Å². The van der Waals surface area contributed by atoms with Gasteiger partial charge in [0.05, 0.1) is 12.7 Å². The van der Waals surface area contributed by atoms with Crippen molar-refractivity contribution in [2.45, 2.75) is 51.7 Å². The summed E-state index contributed by atoms with van der Waals surface area (Å²) in [5.41, 5.74) is 0. The maximum atomic E-state index is 5.57. The van der Waals surface area contributed by atoms with Gasteiger partial charge in [-0.15, -0.1) is 0 Å². The molecule has 0 aromatic carbocycles. The van der Waals surface area contributed by atoms with Crippen molar-refractivity contribution in [1.29, 1.82) is 0 Å². The lowest BCUT2D eigenvalue weighted by atomic mass is 9.99. The first-order chi connectivity index (χ1) is 8.13. The van der Waals surface area contributed by atoms with Crippen molar-refractivity contribution in [3.05, 3.63) is 0 Å². The lowest BCUT2D eigenvalue weighted by Gasteiger charge is -2.23. The highest BCUT2D eigenvalue weighted by Gasteiger charge is 2.25. The zero-order valence-electron chi connectivity index (χ0n) is 12.0. The summed E-state index contributed by atoms with van der Waals surface area (Å²) in [6.07, 6.45) is 5.84. The molecular weight excluding hydrogens is 212 g/mol. The smallest absolute Gasteiger partial charge is 0.0596 e. The Morgan fingerprint density at radius 3 is 2.71 bits per heavy atom. The Labute approximate surface area is 107 Å². The Morgan fingerprint density at radius 1 is 1.29 bits per heavy atom. The van der Waals surface area contributed by atoms with Gasteiger partial charge >= 0.3 is 0 Å². The van der Waals surface area contributed by atoms with Crippen LogP contribution in [0.2, 0.25) is 0 Å². The van der Waals surface area contributed by atoms with Crippen LogP contribution in [0.1, 0.15) is 39.5 Å². The molecule has 1 fully saturated rings. The van der Waals surface area contributed by atoms with Crippen LogP contribution in [-0.4, -0.2) is 50.8 Å². The molecule has 0 bridgehead atoms. The Morgan fingerprint density at radius 2 is 2.06 bits per heavy atom.